The minimum Gasteiger partial charge on any atom is -0.324 e. The fourth-order valence-electron chi connectivity index (χ4n) is 4.15. The highest BCUT2D eigenvalue weighted by atomic mass is 35.5. The predicted molar refractivity (Wildman–Crippen MR) is 137 cm³/mol. The van der Waals surface area contributed by atoms with Crippen LogP contribution in [0.15, 0.2) is 64.5 Å². The van der Waals surface area contributed by atoms with E-state index < -0.39 is 0 Å². The number of aryl methyl sites for hydroxylation is 1. The molecular weight excluding hydrogens is 474 g/mol. The number of fused-ring (bicyclic) bond motifs is 3. The number of hydrogen-bond donors (Lipinski definition) is 1. The summed E-state index contributed by atoms with van der Waals surface area (Å²) in [5.41, 5.74) is 2.40. The summed E-state index contributed by atoms with van der Waals surface area (Å²) in [6.07, 6.45) is 2.99. The molecule has 0 spiro atoms. The number of nitrogens with one attached hydrogen (secondary N) is 1. The number of aromatic nitrogens is 2. The molecule has 168 valence electrons. The molecule has 33 heavy (non-hydrogen) atoms. The van der Waals surface area contributed by atoms with E-state index in [-0.39, 0.29) is 17.2 Å². The first kappa shape index (κ1) is 22.2. The van der Waals surface area contributed by atoms with Gasteiger partial charge in [-0.3, -0.25) is 14.2 Å². The Morgan fingerprint density at radius 3 is 2.76 bits per heavy atom. The van der Waals surface area contributed by atoms with Crippen LogP contribution in [0.25, 0.3) is 15.9 Å². The molecule has 1 aliphatic carbocycles. The molecule has 8 heteroatoms. The molecule has 5 nitrogen and oxygen atoms in total. The Labute approximate surface area is 204 Å². The molecule has 0 fully saturated rings. The van der Waals surface area contributed by atoms with Crippen molar-refractivity contribution in [1.29, 1.82) is 0 Å². The number of benzene rings is 2. The van der Waals surface area contributed by atoms with Gasteiger partial charge in [0.1, 0.15) is 4.83 Å². The van der Waals surface area contributed by atoms with Crippen LogP contribution in [0, 0.1) is 5.92 Å². The fraction of sp³-hybridized carbons (Fsp3) is 0.240. The molecule has 0 saturated carbocycles. The SMILES string of the molecule is C[C@@H]1CCc2c(sc3nc(SCC(=O)Nc4ccccc4Cl)n(-c4ccccc4)c(=O)c23)C1. The van der Waals surface area contributed by atoms with Crippen molar-refractivity contribution in [3.8, 4) is 5.69 Å². The Bertz CT molecular complexity index is 1400. The average Bonchev–Trinajstić information content (AvgIpc) is 3.17. The number of thiophene rings is 1. The van der Waals surface area contributed by atoms with Crippen LogP contribution in [0.5, 0.6) is 0 Å². The second kappa shape index (κ2) is 9.33. The van der Waals surface area contributed by atoms with Crippen LogP contribution in [0.2, 0.25) is 5.02 Å². The molecule has 0 bridgehead atoms. The fourth-order valence-corrected chi connectivity index (χ4v) is 6.57. The minimum absolute atomic E-state index is 0.0627. The lowest BCUT2D eigenvalue weighted by Crippen LogP contribution is -2.23. The van der Waals surface area contributed by atoms with Gasteiger partial charge in [0.25, 0.3) is 5.56 Å². The molecule has 1 N–H and O–H groups in total. The van der Waals surface area contributed by atoms with Crippen molar-refractivity contribution in [3.63, 3.8) is 0 Å². The number of para-hydroxylation sites is 2. The van der Waals surface area contributed by atoms with E-state index in [0.717, 1.165) is 40.7 Å². The van der Waals surface area contributed by atoms with Crippen molar-refractivity contribution in [2.75, 3.05) is 11.1 Å². The highest BCUT2D eigenvalue weighted by Gasteiger charge is 2.25. The number of rotatable bonds is 5. The van der Waals surface area contributed by atoms with Crippen molar-refractivity contribution in [2.45, 2.75) is 31.3 Å². The van der Waals surface area contributed by atoms with E-state index in [1.54, 1.807) is 28.0 Å². The Balaban J connectivity index is 1.52. The third kappa shape index (κ3) is 4.45. The lowest BCUT2D eigenvalue weighted by atomic mass is 9.89. The number of thioether (sulfide) groups is 1. The summed E-state index contributed by atoms with van der Waals surface area (Å²) in [6.45, 7) is 2.25. The molecular formula is C25H22ClN3O2S2. The standard InChI is InChI=1S/C25H22ClN3O2S2/c1-15-11-12-17-20(13-15)33-23-22(17)24(31)29(16-7-3-2-4-8-16)25(28-23)32-14-21(30)27-19-10-6-5-9-18(19)26/h2-10,15H,11-14H2,1H3,(H,27,30)/t15-/m1/s1. The van der Waals surface area contributed by atoms with E-state index >= 15 is 0 Å². The highest BCUT2D eigenvalue weighted by Crippen LogP contribution is 2.37. The number of carbonyl (C=O) groups is 1. The molecule has 1 aliphatic rings. The van der Waals surface area contributed by atoms with Gasteiger partial charge < -0.3 is 5.32 Å². The van der Waals surface area contributed by atoms with Crippen molar-refractivity contribution in [2.24, 2.45) is 5.92 Å². The van der Waals surface area contributed by atoms with E-state index in [1.807, 2.05) is 42.5 Å². The number of nitrogens with zero attached hydrogens (tertiary/aromatic N) is 2. The maximum absolute atomic E-state index is 13.7. The zero-order valence-electron chi connectivity index (χ0n) is 18.0. The van der Waals surface area contributed by atoms with Gasteiger partial charge in [0.05, 0.1) is 27.5 Å². The highest BCUT2D eigenvalue weighted by molar-refractivity contribution is 7.99. The van der Waals surface area contributed by atoms with Crippen molar-refractivity contribution in [3.05, 3.63) is 80.4 Å². The summed E-state index contributed by atoms with van der Waals surface area (Å²) >= 11 is 9.03. The molecule has 1 amide bonds. The lowest BCUT2D eigenvalue weighted by molar-refractivity contribution is -0.113. The normalized spacial score (nSPS) is 15.4. The van der Waals surface area contributed by atoms with Crippen molar-refractivity contribution < 1.29 is 4.79 Å². The Morgan fingerprint density at radius 1 is 1.21 bits per heavy atom. The van der Waals surface area contributed by atoms with Crippen LogP contribution in [0.4, 0.5) is 5.69 Å². The molecule has 4 aromatic rings. The monoisotopic (exact) mass is 495 g/mol. The van der Waals surface area contributed by atoms with Crippen molar-refractivity contribution >= 4 is 56.5 Å². The van der Waals surface area contributed by atoms with E-state index in [9.17, 15) is 9.59 Å². The zero-order valence-corrected chi connectivity index (χ0v) is 20.4. The Hall–Kier alpha value is -2.61. The molecule has 2 aromatic heterocycles. The van der Waals surface area contributed by atoms with Crippen LogP contribution in [-0.2, 0) is 17.6 Å². The maximum Gasteiger partial charge on any atom is 0.267 e. The molecule has 2 heterocycles. The van der Waals surface area contributed by atoms with Crippen LogP contribution in [0.1, 0.15) is 23.8 Å². The molecule has 0 saturated heterocycles. The van der Waals surface area contributed by atoms with Gasteiger partial charge in [0, 0.05) is 4.88 Å². The number of carbonyl (C=O) groups excluding carboxylic acids is 1. The third-order valence-electron chi connectivity index (χ3n) is 5.79. The average molecular weight is 496 g/mol. The number of anilines is 1. The van der Waals surface area contributed by atoms with Gasteiger partial charge >= 0.3 is 0 Å². The summed E-state index contributed by atoms with van der Waals surface area (Å²) in [5.74, 6) is 0.517. The first-order valence-electron chi connectivity index (χ1n) is 10.8. The van der Waals surface area contributed by atoms with E-state index in [1.165, 1.54) is 16.6 Å². The quantitative estimate of drug-likeness (QED) is 0.274. The smallest absolute Gasteiger partial charge is 0.267 e. The second-order valence-corrected chi connectivity index (χ2v) is 10.7. The van der Waals surface area contributed by atoms with Gasteiger partial charge in [-0.1, -0.05) is 60.6 Å². The van der Waals surface area contributed by atoms with Gasteiger partial charge in [0.15, 0.2) is 5.16 Å². The summed E-state index contributed by atoms with van der Waals surface area (Å²) < 4.78 is 1.64. The summed E-state index contributed by atoms with van der Waals surface area (Å²) in [7, 11) is 0. The van der Waals surface area contributed by atoms with E-state index in [4.69, 9.17) is 16.6 Å². The molecule has 0 radical (unpaired) electrons. The number of amides is 1. The number of hydrogen-bond acceptors (Lipinski definition) is 5. The summed E-state index contributed by atoms with van der Waals surface area (Å²) in [4.78, 5) is 33.3. The zero-order chi connectivity index (χ0) is 22.9. The molecule has 5 rings (SSSR count). The van der Waals surface area contributed by atoms with Gasteiger partial charge in [-0.05, 0) is 55.0 Å². The van der Waals surface area contributed by atoms with Crippen LogP contribution in [0.3, 0.4) is 0 Å². The largest absolute Gasteiger partial charge is 0.324 e. The predicted octanol–water partition coefficient (Wildman–Crippen LogP) is 5.96. The van der Waals surface area contributed by atoms with Crippen LogP contribution < -0.4 is 10.9 Å². The number of halogens is 1. The van der Waals surface area contributed by atoms with Gasteiger partial charge in [-0.15, -0.1) is 11.3 Å². The minimum atomic E-state index is -0.207. The van der Waals surface area contributed by atoms with Gasteiger partial charge in [0.2, 0.25) is 5.91 Å². The Morgan fingerprint density at radius 2 is 1.97 bits per heavy atom. The molecule has 0 unspecified atom stereocenters. The second-order valence-electron chi connectivity index (χ2n) is 8.22. The summed E-state index contributed by atoms with van der Waals surface area (Å²) in [6, 6.07) is 16.6. The van der Waals surface area contributed by atoms with Crippen LogP contribution in [-0.4, -0.2) is 21.2 Å². The molecule has 1 atom stereocenters. The van der Waals surface area contributed by atoms with E-state index in [2.05, 4.69) is 12.2 Å². The van der Waals surface area contributed by atoms with E-state index in [0.29, 0.717) is 21.8 Å². The lowest BCUT2D eigenvalue weighted by Gasteiger charge is -2.17. The molecule has 0 aliphatic heterocycles. The van der Waals surface area contributed by atoms with Crippen molar-refractivity contribution in [1.82, 2.24) is 9.55 Å². The Kier molecular flexibility index (Phi) is 6.27. The summed E-state index contributed by atoms with van der Waals surface area (Å²) in [5, 5.41) is 4.56. The molecule has 2 aromatic carbocycles. The third-order valence-corrected chi connectivity index (χ3v) is 8.21. The van der Waals surface area contributed by atoms with Crippen LogP contribution >= 0.6 is 34.7 Å². The first-order chi connectivity index (χ1) is 16.0. The van der Waals surface area contributed by atoms with Gasteiger partial charge in [-0.25, -0.2) is 4.98 Å². The van der Waals surface area contributed by atoms with Gasteiger partial charge in [-0.2, -0.15) is 0 Å². The topological polar surface area (TPSA) is 64.0 Å². The first-order valence-corrected chi connectivity index (χ1v) is 13.0. The maximum atomic E-state index is 13.7.